The summed E-state index contributed by atoms with van der Waals surface area (Å²) in [6, 6.07) is 0.673. The minimum absolute atomic E-state index is 0.151. The Morgan fingerprint density at radius 1 is 1.45 bits per heavy atom. The zero-order valence-electron chi connectivity index (χ0n) is 10.7. The van der Waals surface area contributed by atoms with Gasteiger partial charge in [-0.2, -0.15) is 24.9 Å². The molecule has 1 aromatic rings. The molecule has 0 radical (unpaired) electrons. The molecule has 9 heteroatoms. The van der Waals surface area contributed by atoms with Crippen LogP contribution in [-0.2, 0) is 6.18 Å². The highest BCUT2D eigenvalue weighted by atomic mass is 32.2. The van der Waals surface area contributed by atoms with E-state index in [1.807, 2.05) is 6.26 Å². The van der Waals surface area contributed by atoms with Crippen LogP contribution in [0.4, 0.5) is 24.5 Å². The number of nitrogens with one attached hydrogen (secondary N) is 1. The van der Waals surface area contributed by atoms with E-state index in [2.05, 4.69) is 10.3 Å². The van der Waals surface area contributed by atoms with Crippen LogP contribution in [0.3, 0.4) is 0 Å². The van der Waals surface area contributed by atoms with Crippen molar-refractivity contribution in [3.05, 3.63) is 28.1 Å². The van der Waals surface area contributed by atoms with Gasteiger partial charge in [0.25, 0.3) is 0 Å². The molecule has 0 fully saturated rings. The van der Waals surface area contributed by atoms with Gasteiger partial charge >= 0.3 is 11.9 Å². The molecule has 1 rings (SSSR count). The number of hydrogen-bond donors (Lipinski definition) is 1. The van der Waals surface area contributed by atoms with Crippen molar-refractivity contribution in [3.8, 4) is 0 Å². The third-order valence-corrected chi connectivity index (χ3v) is 3.16. The molecule has 0 aliphatic rings. The predicted molar refractivity (Wildman–Crippen MR) is 72.0 cm³/mol. The standard InChI is InChI=1S/C11H14F3N3O2S/c1-20-5-3-2-4-15-8-6-10(11(12,13)14)16-7-9(8)17(18)19/h6-7H,2-5H2,1H3,(H,15,16). The molecule has 1 aromatic heterocycles. The molecule has 112 valence electrons. The van der Waals surface area contributed by atoms with Gasteiger partial charge in [-0.1, -0.05) is 0 Å². The zero-order valence-corrected chi connectivity index (χ0v) is 11.6. The van der Waals surface area contributed by atoms with Crippen molar-refractivity contribution in [1.29, 1.82) is 0 Å². The largest absolute Gasteiger partial charge is 0.433 e. The highest BCUT2D eigenvalue weighted by molar-refractivity contribution is 7.98. The quantitative estimate of drug-likeness (QED) is 0.474. The summed E-state index contributed by atoms with van der Waals surface area (Å²) in [6.07, 6.45) is -0.422. The summed E-state index contributed by atoms with van der Waals surface area (Å²) in [5.41, 5.74) is -1.75. The Morgan fingerprint density at radius 2 is 2.15 bits per heavy atom. The molecule has 0 aromatic carbocycles. The van der Waals surface area contributed by atoms with Crippen LogP contribution in [0.25, 0.3) is 0 Å². The fourth-order valence-electron chi connectivity index (χ4n) is 1.48. The molecule has 0 atom stereocenters. The lowest BCUT2D eigenvalue weighted by Crippen LogP contribution is -2.11. The second kappa shape index (κ2) is 7.32. The van der Waals surface area contributed by atoms with Gasteiger partial charge in [0.15, 0.2) is 0 Å². The van der Waals surface area contributed by atoms with Crippen molar-refractivity contribution in [2.24, 2.45) is 0 Å². The summed E-state index contributed by atoms with van der Waals surface area (Å²) in [5, 5.41) is 13.4. The smallest absolute Gasteiger partial charge is 0.379 e. The molecule has 0 amide bonds. The maximum atomic E-state index is 12.5. The summed E-state index contributed by atoms with van der Waals surface area (Å²) >= 11 is 1.67. The van der Waals surface area contributed by atoms with Crippen LogP contribution in [0.1, 0.15) is 18.5 Å². The molecule has 0 aliphatic carbocycles. The Labute approximate surface area is 118 Å². The number of nitro groups is 1. The molecular formula is C11H14F3N3O2S. The maximum Gasteiger partial charge on any atom is 0.433 e. The number of nitrogens with zero attached hydrogens (tertiary/aromatic N) is 2. The van der Waals surface area contributed by atoms with Gasteiger partial charge in [-0.25, -0.2) is 4.98 Å². The van der Waals surface area contributed by atoms with Gasteiger partial charge in [0, 0.05) is 6.54 Å². The molecule has 0 saturated carbocycles. The lowest BCUT2D eigenvalue weighted by molar-refractivity contribution is -0.384. The van der Waals surface area contributed by atoms with Gasteiger partial charge in [0.05, 0.1) is 4.92 Å². The molecule has 0 saturated heterocycles. The Kier molecular flexibility index (Phi) is 6.05. The van der Waals surface area contributed by atoms with Crippen LogP contribution in [0.5, 0.6) is 0 Å². The summed E-state index contributed by atoms with van der Waals surface area (Å²) in [5.74, 6) is 0.938. The predicted octanol–water partition coefficient (Wildman–Crippen LogP) is 3.56. The van der Waals surface area contributed by atoms with Gasteiger partial charge < -0.3 is 5.32 Å². The van der Waals surface area contributed by atoms with E-state index in [0.717, 1.165) is 18.6 Å². The molecule has 5 nitrogen and oxygen atoms in total. The summed E-state index contributed by atoms with van der Waals surface area (Å²) in [7, 11) is 0. The Morgan fingerprint density at radius 3 is 2.70 bits per heavy atom. The van der Waals surface area contributed by atoms with E-state index in [1.165, 1.54) is 0 Å². The van der Waals surface area contributed by atoms with Crippen molar-refractivity contribution in [1.82, 2.24) is 4.98 Å². The first kappa shape index (κ1) is 16.5. The third-order valence-electron chi connectivity index (χ3n) is 2.46. The SMILES string of the molecule is CSCCCCNc1cc(C(F)(F)F)ncc1[N+](=O)[O-]. The van der Waals surface area contributed by atoms with Gasteiger partial charge in [-0.3, -0.25) is 10.1 Å². The summed E-state index contributed by atoms with van der Waals surface area (Å²) < 4.78 is 37.6. The highest BCUT2D eigenvalue weighted by Gasteiger charge is 2.34. The minimum Gasteiger partial charge on any atom is -0.379 e. The number of thioether (sulfide) groups is 1. The molecular weight excluding hydrogens is 295 g/mol. The second-order valence-corrected chi connectivity index (χ2v) is 4.95. The monoisotopic (exact) mass is 309 g/mol. The second-order valence-electron chi connectivity index (χ2n) is 3.97. The number of aromatic nitrogens is 1. The van der Waals surface area contributed by atoms with Gasteiger partial charge in [0.1, 0.15) is 17.6 Å². The van der Waals surface area contributed by atoms with Crippen LogP contribution in [-0.4, -0.2) is 28.5 Å². The van der Waals surface area contributed by atoms with E-state index in [-0.39, 0.29) is 5.69 Å². The van der Waals surface area contributed by atoms with Gasteiger partial charge in [0.2, 0.25) is 0 Å². The van der Waals surface area contributed by atoms with E-state index < -0.39 is 22.5 Å². The van der Waals surface area contributed by atoms with E-state index in [9.17, 15) is 23.3 Å². The summed E-state index contributed by atoms with van der Waals surface area (Å²) in [6.45, 7) is 0.378. The summed E-state index contributed by atoms with van der Waals surface area (Å²) in [4.78, 5) is 13.1. The maximum absolute atomic E-state index is 12.5. The first-order chi connectivity index (χ1) is 9.36. The van der Waals surface area contributed by atoms with E-state index in [4.69, 9.17) is 0 Å². The van der Waals surface area contributed by atoms with Crippen LogP contribution in [0.15, 0.2) is 12.3 Å². The number of alkyl halides is 3. The molecule has 20 heavy (non-hydrogen) atoms. The first-order valence-corrected chi connectivity index (χ1v) is 7.20. The van der Waals surface area contributed by atoms with Crippen molar-refractivity contribution in [2.45, 2.75) is 19.0 Å². The third kappa shape index (κ3) is 4.87. The minimum atomic E-state index is -4.62. The number of rotatable bonds is 7. The average Bonchev–Trinajstić information content (AvgIpc) is 2.37. The Bertz CT molecular complexity index is 469. The topological polar surface area (TPSA) is 68.1 Å². The fourth-order valence-corrected chi connectivity index (χ4v) is 1.98. The molecule has 1 heterocycles. The van der Waals surface area contributed by atoms with Gasteiger partial charge in [-0.05, 0) is 30.9 Å². The van der Waals surface area contributed by atoms with E-state index in [1.54, 1.807) is 11.8 Å². The number of hydrogen-bond acceptors (Lipinski definition) is 5. The average molecular weight is 309 g/mol. The molecule has 0 spiro atoms. The van der Waals surface area contributed by atoms with Gasteiger partial charge in [-0.15, -0.1) is 0 Å². The van der Waals surface area contributed by atoms with E-state index in [0.29, 0.717) is 18.8 Å². The molecule has 0 aliphatic heterocycles. The molecule has 1 N–H and O–H groups in total. The molecule has 0 bridgehead atoms. The van der Waals surface area contributed by atoms with Crippen LogP contribution in [0, 0.1) is 10.1 Å². The Hall–Kier alpha value is -1.51. The van der Waals surface area contributed by atoms with Crippen molar-refractivity contribution >= 4 is 23.1 Å². The zero-order chi connectivity index (χ0) is 15.2. The van der Waals surface area contributed by atoms with Crippen molar-refractivity contribution < 1.29 is 18.1 Å². The van der Waals surface area contributed by atoms with Crippen LogP contribution in [0.2, 0.25) is 0 Å². The number of unbranched alkanes of at least 4 members (excludes halogenated alkanes) is 1. The number of pyridine rings is 1. The highest BCUT2D eigenvalue weighted by Crippen LogP contribution is 2.32. The normalized spacial score (nSPS) is 11.4. The van der Waals surface area contributed by atoms with E-state index >= 15 is 0 Å². The van der Waals surface area contributed by atoms with Crippen molar-refractivity contribution in [2.75, 3.05) is 23.9 Å². The fraction of sp³-hybridized carbons (Fsp3) is 0.545. The first-order valence-electron chi connectivity index (χ1n) is 5.80. The van der Waals surface area contributed by atoms with Crippen molar-refractivity contribution in [3.63, 3.8) is 0 Å². The lowest BCUT2D eigenvalue weighted by Gasteiger charge is -2.10. The van der Waals surface area contributed by atoms with Crippen LogP contribution < -0.4 is 5.32 Å². The Balaban J connectivity index is 2.81. The lowest BCUT2D eigenvalue weighted by atomic mass is 10.2. The molecule has 0 unspecified atom stereocenters. The van der Waals surface area contributed by atoms with Crippen LogP contribution >= 0.6 is 11.8 Å². The number of halogens is 3. The number of anilines is 1.